The monoisotopic (exact) mass is 254 g/mol. The van der Waals surface area contributed by atoms with Crippen LogP contribution >= 0.6 is 0 Å². The van der Waals surface area contributed by atoms with Crippen LogP contribution in [0.25, 0.3) is 0 Å². The molecule has 0 bridgehead atoms. The van der Waals surface area contributed by atoms with Crippen molar-refractivity contribution in [3.63, 3.8) is 0 Å². The third-order valence-electron chi connectivity index (χ3n) is 2.27. The number of ether oxygens (including phenoxy) is 2. The summed E-state index contributed by atoms with van der Waals surface area (Å²) in [5.41, 5.74) is 2.72. The third-order valence-corrected chi connectivity index (χ3v) is 2.27. The van der Waals surface area contributed by atoms with Crippen molar-refractivity contribution in [2.24, 2.45) is 11.3 Å². The van der Waals surface area contributed by atoms with Gasteiger partial charge in [0.05, 0.1) is 6.61 Å². The molecule has 1 heterocycles. The van der Waals surface area contributed by atoms with Crippen molar-refractivity contribution in [2.75, 3.05) is 19.1 Å². The number of aromatic nitrogens is 2. The van der Waals surface area contributed by atoms with E-state index < -0.39 is 0 Å². The molecular formula is C12H22N4O2. The number of nitrogen functional groups attached to an aromatic ring is 1. The van der Waals surface area contributed by atoms with E-state index in [1.165, 1.54) is 0 Å². The van der Waals surface area contributed by atoms with Crippen LogP contribution in [-0.2, 0) is 11.3 Å². The average Bonchev–Trinajstić information content (AvgIpc) is 2.27. The quantitative estimate of drug-likeness (QED) is 0.594. The smallest absolute Gasteiger partial charge is 0.218 e. The first-order chi connectivity index (χ1) is 8.44. The fourth-order valence-electron chi connectivity index (χ4n) is 1.28. The van der Waals surface area contributed by atoms with Gasteiger partial charge >= 0.3 is 0 Å². The van der Waals surface area contributed by atoms with Gasteiger partial charge in [0.25, 0.3) is 0 Å². The Balaban J connectivity index is 2.66. The molecule has 0 spiro atoms. The molecule has 1 rings (SSSR count). The minimum absolute atomic E-state index is 0.233. The van der Waals surface area contributed by atoms with Gasteiger partial charge in [0.1, 0.15) is 12.4 Å². The number of nitrogens with one attached hydrogen (secondary N) is 1. The standard InChI is InChI=1S/C12H22N4O2/c1-12(2,3)5-6-18-11-7-9(16-13)14-10(15-11)8-17-4/h7H,5-6,8,13H2,1-4H3,(H,14,15,16). The molecule has 0 radical (unpaired) electrons. The summed E-state index contributed by atoms with van der Waals surface area (Å²) in [6.07, 6.45) is 0.946. The molecule has 0 aromatic carbocycles. The highest BCUT2D eigenvalue weighted by Gasteiger charge is 2.11. The first-order valence-corrected chi connectivity index (χ1v) is 5.91. The van der Waals surface area contributed by atoms with Crippen LogP contribution in [0.3, 0.4) is 0 Å². The normalized spacial score (nSPS) is 11.4. The second-order valence-electron chi connectivity index (χ2n) is 5.24. The highest BCUT2D eigenvalue weighted by molar-refractivity contribution is 5.36. The molecule has 18 heavy (non-hydrogen) atoms. The number of rotatable bonds is 6. The third kappa shape index (κ3) is 5.29. The lowest BCUT2D eigenvalue weighted by molar-refractivity contribution is 0.175. The lowest BCUT2D eigenvalue weighted by Gasteiger charge is -2.18. The van der Waals surface area contributed by atoms with Crippen LogP contribution in [0.5, 0.6) is 5.88 Å². The molecular weight excluding hydrogens is 232 g/mol. The maximum atomic E-state index is 5.61. The van der Waals surface area contributed by atoms with Crippen LogP contribution < -0.4 is 16.0 Å². The largest absolute Gasteiger partial charge is 0.478 e. The lowest BCUT2D eigenvalue weighted by Crippen LogP contribution is -2.14. The van der Waals surface area contributed by atoms with E-state index in [1.807, 2.05) is 0 Å². The van der Waals surface area contributed by atoms with Gasteiger partial charge in [-0.3, -0.25) is 0 Å². The van der Waals surface area contributed by atoms with E-state index in [1.54, 1.807) is 13.2 Å². The van der Waals surface area contributed by atoms with Gasteiger partial charge in [-0.25, -0.2) is 10.8 Å². The van der Waals surface area contributed by atoms with Crippen molar-refractivity contribution in [1.82, 2.24) is 9.97 Å². The predicted molar refractivity (Wildman–Crippen MR) is 70.1 cm³/mol. The number of methoxy groups -OCH3 is 1. The summed E-state index contributed by atoms with van der Waals surface area (Å²) >= 11 is 0. The number of hydrazine groups is 1. The molecule has 0 aliphatic rings. The van der Waals surface area contributed by atoms with Crippen LogP contribution in [-0.4, -0.2) is 23.7 Å². The van der Waals surface area contributed by atoms with Crippen LogP contribution in [0.2, 0.25) is 0 Å². The molecule has 0 saturated heterocycles. The van der Waals surface area contributed by atoms with E-state index in [2.05, 4.69) is 36.2 Å². The summed E-state index contributed by atoms with van der Waals surface area (Å²) in [6.45, 7) is 7.43. The van der Waals surface area contributed by atoms with Crippen molar-refractivity contribution in [2.45, 2.75) is 33.8 Å². The second kappa shape index (κ2) is 6.51. The Labute approximate surface area is 108 Å². The van der Waals surface area contributed by atoms with Gasteiger partial charge in [-0.05, 0) is 11.8 Å². The molecule has 6 heteroatoms. The molecule has 0 aliphatic carbocycles. The fraction of sp³-hybridized carbons (Fsp3) is 0.667. The van der Waals surface area contributed by atoms with E-state index in [0.29, 0.717) is 30.7 Å². The lowest BCUT2D eigenvalue weighted by atomic mass is 9.93. The number of nitrogens with two attached hydrogens (primary N) is 1. The Morgan fingerprint density at radius 2 is 2.06 bits per heavy atom. The van der Waals surface area contributed by atoms with Crippen LogP contribution in [0.1, 0.15) is 33.0 Å². The van der Waals surface area contributed by atoms with Crippen molar-refractivity contribution in [1.29, 1.82) is 0 Å². The Bertz CT molecular complexity index is 377. The van der Waals surface area contributed by atoms with Gasteiger partial charge in [-0.2, -0.15) is 4.98 Å². The molecule has 0 amide bonds. The van der Waals surface area contributed by atoms with Crippen molar-refractivity contribution in [3.8, 4) is 5.88 Å². The van der Waals surface area contributed by atoms with Crippen molar-refractivity contribution < 1.29 is 9.47 Å². The molecule has 1 aromatic rings. The van der Waals surface area contributed by atoms with Gasteiger partial charge in [-0.15, -0.1) is 0 Å². The number of nitrogens with zero attached hydrogens (tertiary/aromatic N) is 2. The van der Waals surface area contributed by atoms with Gasteiger partial charge in [-0.1, -0.05) is 20.8 Å². The summed E-state index contributed by atoms with van der Waals surface area (Å²) in [5.74, 6) is 6.91. The minimum Gasteiger partial charge on any atom is -0.478 e. The van der Waals surface area contributed by atoms with E-state index in [4.69, 9.17) is 15.3 Å². The first kappa shape index (κ1) is 14.7. The van der Waals surface area contributed by atoms with E-state index in [9.17, 15) is 0 Å². The molecule has 3 N–H and O–H groups in total. The molecule has 6 nitrogen and oxygen atoms in total. The maximum Gasteiger partial charge on any atom is 0.218 e. The Morgan fingerprint density at radius 1 is 1.33 bits per heavy atom. The molecule has 0 saturated carbocycles. The fourth-order valence-corrected chi connectivity index (χ4v) is 1.28. The number of anilines is 1. The van der Waals surface area contributed by atoms with Gasteiger partial charge in [0.15, 0.2) is 5.82 Å². The zero-order chi connectivity index (χ0) is 13.6. The van der Waals surface area contributed by atoms with Gasteiger partial charge < -0.3 is 14.9 Å². The summed E-state index contributed by atoms with van der Waals surface area (Å²) in [5, 5.41) is 0. The molecule has 0 atom stereocenters. The minimum atomic E-state index is 0.233. The van der Waals surface area contributed by atoms with Crippen LogP contribution in [0.15, 0.2) is 6.07 Å². The van der Waals surface area contributed by atoms with E-state index in [0.717, 1.165) is 6.42 Å². The molecule has 102 valence electrons. The number of hydrogen-bond acceptors (Lipinski definition) is 6. The van der Waals surface area contributed by atoms with Crippen LogP contribution in [0, 0.1) is 5.41 Å². The summed E-state index contributed by atoms with van der Waals surface area (Å²) in [7, 11) is 1.59. The highest BCUT2D eigenvalue weighted by Crippen LogP contribution is 2.19. The van der Waals surface area contributed by atoms with E-state index >= 15 is 0 Å². The van der Waals surface area contributed by atoms with Crippen LogP contribution in [0.4, 0.5) is 5.82 Å². The van der Waals surface area contributed by atoms with Crippen molar-refractivity contribution >= 4 is 5.82 Å². The summed E-state index contributed by atoms with van der Waals surface area (Å²) in [4.78, 5) is 8.38. The zero-order valence-corrected chi connectivity index (χ0v) is 11.5. The van der Waals surface area contributed by atoms with Crippen molar-refractivity contribution in [3.05, 3.63) is 11.9 Å². The Hall–Kier alpha value is -1.40. The van der Waals surface area contributed by atoms with E-state index in [-0.39, 0.29) is 5.41 Å². The number of hydrogen-bond donors (Lipinski definition) is 2. The molecule has 0 unspecified atom stereocenters. The molecule has 0 aliphatic heterocycles. The second-order valence-corrected chi connectivity index (χ2v) is 5.24. The summed E-state index contributed by atoms with van der Waals surface area (Å²) in [6, 6.07) is 1.67. The highest BCUT2D eigenvalue weighted by atomic mass is 16.5. The first-order valence-electron chi connectivity index (χ1n) is 5.91. The average molecular weight is 254 g/mol. The summed E-state index contributed by atoms with van der Waals surface area (Å²) < 4.78 is 10.6. The Kier molecular flexibility index (Phi) is 5.30. The topological polar surface area (TPSA) is 82.3 Å². The van der Waals surface area contributed by atoms with Gasteiger partial charge in [0, 0.05) is 13.2 Å². The van der Waals surface area contributed by atoms with Gasteiger partial charge in [0.2, 0.25) is 5.88 Å². The predicted octanol–water partition coefficient (Wildman–Crippen LogP) is 1.72. The zero-order valence-electron chi connectivity index (χ0n) is 11.5. The molecule has 1 aromatic heterocycles. The maximum absolute atomic E-state index is 5.61. The molecule has 0 fully saturated rings. The SMILES string of the molecule is COCc1nc(NN)cc(OCCC(C)(C)C)n1. The Morgan fingerprint density at radius 3 is 2.61 bits per heavy atom.